The summed E-state index contributed by atoms with van der Waals surface area (Å²) < 4.78 is 38.7. The van der Waals surface area contributed by atoms with Crippen molar-refractivity contribution in [2.75, 3.05) is 5.88 Å². The number of carbonyl (C=O) groups excluding carboxylic acids is 1. The molecular formula is C17H15ClF3NOS. The predicted octanol–water partition coefficient (Wildman–Crippen LogP) is 4.85. The number of rotatable bonds is 6. The lowest BCUT2D eigenvalue weighted by Gasteiger charge is -2.14. The molecule has 0 fully saturated rings. The number of amides is 1. The SMILES string of the molecule is O=C(CCl)NCc1cc(C(F)(F)F)ccc1SCc1ccccc1. The fourth-order valence-corrected chi connectivity index (χ4v) is 3.10. The van der Waals surface area contributed by atoms with Crippen LogP contribution in [0.5, 0.6) is 0 Å². The summed E-state index contributed by atoms with van der Waals surface area (Å²) in [5.41, 5.74) is 0.754. The Morgan fingerprint density at radius 3 is 2.46 bits per heavy atom. The quantitative estimate of drug-likeness (QED) is 0.579. The number of benzene rings is 2. The Labute approximate surface area is 147 Å². The van der Waals surface area contributed by atoms with Crippen LogP contribution < -0.4 is 5.32 Å². The van der Waals surface area contributed by atoms with Gasteiger partial charge >= 0.3 is 6.18 Å². The van der Waals surface area contributed by atoms with Crippen molar-refractivity contribution in [2.45, 2.75) is 23.4 Å². The molecule has 128 valence electrons. The molecule has 0 aliphatic rings. The summed E-state index contributed by atoms with van der Waals surface area (Å²) in [5.74, 6) is -0.0261. The van der Waals surface area contributed by atoms with E-state index in [0.717, 1.165) is 17.7 Å². The average Bonchev–Trinajstić information content (AvgIpc) is 2.58. The van der Waals surface area contributed by atoms with Crippen LogP contribution in [-0.4, -0.2) is 11.8 Å². The first-order valence-corrected chi connectivity index (χ1v) is 8.61. The molecule has 0 saturated carbocycles. The van der Waals surface area contributed by atoms with Gasteiger partial charge in [-0.1, -0.05) is 30.3 Å². The number of hydrogen-bond acceptors (Lipinski definition) is 2. The van der Waals surface area contributed by atoms with E-state index in [1.807, 2.05) is 30.3 Å². The van der Waals surface area contributed by atoms with E-state index in [1.165, 1.54) is 17.8 Å². The first-order chi connectivity index (χ1) is 11.4. The summed E-state index contributed by atoms with van der Waals surface area (Å²) in [4.78, 5) is 12.0. The van der Waals surface area contributed by atoms with Crippen molar-refractivity contribution < 1.29 is 18.0 Å². The molecule has 0 unspecified atom stereocenters. The number of hydrogen-bond donors (Lipinski definition) is 1. The van der Waals surface area contributed by atoms with Crippen LogP contribution in [0, 0.1) is 0 Å². The van der Waals surface area contributed by atoms with Crippen LogP contribution in [0.25, 0.3) is 0 Å². The number of nitrogens with one attached hydrogen (secondary N) is 1. The molecule has 0 bridgehead atoms. The molecule has 24 heavy (non-hydrogen) atoms. The van der Waals surface area contributed by atoms with Crippen LogP contribution in [0.3, 0.4) is 0 Å². The van der Waals surface area contributed by atoms with Gasteiger partial charge in [-0.15, -0.1) is 23.4 Å². The van der Waals surface area contributed by atoms with Gasteiger partial charge in [0, 0.05) is 17.2 Å². The maximum atomic E-state index is 12.9. The zero-order valence-electron chi connectivity index (χ0n) is 12.6. The standard InChI is InChI=1S/C17H15ClF3NOS/c18-9-16(23)22-10-13-8-14(17(19,20)21)6-7-15(13)24-11-12-4-2-1-3-5-12/h1-8H,9-11H2,(H,22,23). The number of halogens is 4. The molecule has 1 N–H and O–H groups in total. The van der Waals surface area contributed by atoms with Gasteiger partial charge in [-0.3, -0.25) is 4.79 Å². The highest BCUT2D eigenvalue weighted by Gasteiger charge is 2.31. The summed E-state index contributed by atoms with van der Waals surface area (Å²) in [6.07, 6.45) is -4.42. The molecule has 7 heteroatoms. The number of alkyl halides is 4. The summed E-state index contributed by atoms with van der Waals surface area (Å²) in [7, 11) is 0. The fraction of sp³-hybridized carbons (Fsp3) is 0.235. The van der Waals surface area contributed by atoms with Crippen molar-refractivity contribution in [1.82, 2.24) is 5.32 Å². The second-order valence-electron chi connectivity index (χ2n) is 5.00. The smallest absolute Gasteiger partial charge is 0.351 e. The summed E-state index contributed by atoms with van der Waals surface area (Å²) >= 11 is 6.83. The van der Waals surface area contributed by atoms with Crippen molar-refractivity contribution in [3.05, 3.63) is 65.2 Å². The van der Waals surface area contributed by atoms with Crippen LogP contribution >= 0.6 is 23.4 Å². The average molecular weight is 374 g/mol. The zero-order chi connectivity index (χ0) is 17.6. The molecule has 2 nitrogen and oxygen atoms in total. The van der Waals surface area contributed by atoms with Gasteiger partial charge in [-0.25, -0.2) is 0 Å². The number of carbonyl (C=O) groups is 1. The van der Waals surface area contributed by atoms with Crippen molar-refractivity contribution >= 4 is 29.3 Å². The van der Waals surface area contributed by atoms with E-state index in [9.17, 15) is 18.0 Å². The maximum Gasteiger partial charge on any atom is 0.416 e. The van der Waals surface area contributed by atoms with Crippen molar-refractivity contribution in [1.29, 1.82) is 0 Å². The normalized spacial score (nSPS) is 11.3. The highest BCUT2D eigenvalue weighted by molar-refractivity contribution is 7.98. The van der Waals surface area contributed by atoms with Gasteiger partial charge in [0.25, 0.3) is 0 Å². The fourth-order valence-electron chi connectivity index (χ4n) is 2.01. The molecule has 0 aromatic heterocycles. The monoisotopic (exact) mass is 373 g/mol. The Hall–Kier alpha value is -1.66. The van der Waals surface area contributed by atoms with Crippen LogP contribution in [0.15, 0.2) is 53.4 Å². The molecule has 0 aliphatic carbocycles. The maximum absolute atomic E-state index is 12.9. The van der Waals surface area contributed by atoms with Gasteiger partial charge in [0.2, 0.25) is 5.91 Å². The Morgan fingerprint density at radius 2 is 1.83 bits per heavy atom. The lowest BCUT2D eigenvalue weighted by atomic mass is 10.1. The Balaban J connectivity index is 2.19. The highest BCUT2D eigenvalue weighted by atomic mass is 35.5. The van der Waals surface area contributed by atoms with E-state index in [2.05, 4.69) is 5.32 Å². The third kappa shape index (κ3) is 5.46. The van der Waals surface area contributed by atoms with Crippen molar-refractivity contribution in [3.8, 4) is 0 Å². The minimum atomic E-state index is -4.42. The minimum Gasteiger partial charge on any atom is -0.351 e. The molecular weight excluding hydrogens is 359 g/mol. The van der Waals surface area contributed by atoms with Gasteiger partial charge in [0.15, 0.2) is 0 Å². The molecule has 0 spiro atoms. The van der Waals surface area contributed by atoms with Crippen molar-refractivity contribution in [3.63, 3.8) is 0 Å². The van der Waals surface area contributed by atoms with Crippen LogP contribution in [0.4, 0.5) is 13.2 Å². The van der Waals surface area contributed by atoms with E-state index < -0.39 is 17.6 Å². The molecule has 0 aliphatic heterocycles. The third-order valence-corrected chi connectivity index (χ3v) is 4.65. The van der Waals surface area contributed by atoms with E-state index in [-0.39, 0.29) is 12.4 Å². The van der Waals surface area contributed by atoms with Crippen LogP contribution in [-0.2, 0) is 23.3 Å². The van der Waals surface area contributed by atoms with Gasteiger partial charge in [-0.2, -0.15) is 13.2 Å². The summed E-state index contributed by atoms with van der Waals surface area (Å²) in [6, 6.07) is 13.2. The van der Waals surface area contributed by atoms with Gasteiger partial charge < -0.3 is 5.32 Å². The minimum absolute atomic E-state index is 0.00654. The Kier molecular flexibility index (Phi) is 6.57. The lowest BCUT2D eigenvalue weighted by Crippen LogP contribution is -2.24. The number of thioether (sulfide) groups is 1. The van der Waals surface area contributed by atoms with Crippen LogP contribution in [0.1, 0.15) is 16.7 Å². The Bertz CT molecular complexity index is 692. The first kappa shape index (κ1) is 18.7. The molecule has 1 amide bonds. The van der Waals surface area contributed by atoms with E-state index in [1.54, 1.807) is 0 Å². The lowest BCUT2D eigenvalue weighted by molar-refractivity contribution is -0.137. The molecule has 2 aromatic carbocycles. The summed E-state index contributed by atoms with van der Waals surface area (Å²) in [6.45, 7) is 0.00654. The molecule has 0 radical (unpaired) electrons. The highest BCUT2D eigenvalue weighted by Crippen LogP contribution is 2.34. The molecule has 0 heterocycles. The summed E-state index contributed by atoms with van der Waals surface area (Å²) in [5, 5.41) is 2.51. The van der Waals surface area contributed by atoms with E-state index in [0.29, 0.717) is 16.2 Å². The second-order valence-corrected chi connectivity index (χ2v) is 6.29. The Morgan fingerprint density at radius 1 is 1.12 bits per heavy atom. The first-order valence-electron chi connectivity index (χ1n) is 7.09. The molecule has 0 atom stereocenters. The largest absolute Gasteiger partial charge is 0.416 e. The topological polar surface area (TPSA) is 29.1 Å². The predicted molar refractivity (Wildman–Crippen MR) is 90.0 cm³/mol. The van der Waals surface area contributed by atoms with E-state index in [4.69, 9.17) is 11.6 Å². The van der Waals surface area contributed by atoms with Gasteiger partial charge in [-0.05, 0) is 29.3 Å². The molecule has 2 aromatic rings. The molecule has 2 rings (SSSR count). The van der Waals surface area contributed by atoms with Crippen LogP contribution in [0.2, 0.25) is 0 Å². The van der Waals surface area contributed by atoms with Crippen molar-refractivity contribution in [2.24, 2.45) is 0 Å². The van der Waals surface area contributed by atoms with E-state index >= 15 is 0 Å². The second kappa shape index (κ2) is 8.44. The van der Waals surface area contributed by atoms with Gasteiger partial charge in [0.1, 0.15) is 5.88 Å². The third-order valence-electron chi connectivity index (χ3n) is 3.22. The van der Waals surface area contributed by atoms with Gasteiger partial charge in [0.05, 0.1) is 5.56 Å². The molecule has 0 saturated heterocycles. The zero-order valence-corrected chi connectivity index (χ0v) is 14.1.